The Balaban J connectivity index is 2.52. The second-order valence-electron chi connectivity index (χ2n) is 4.72. The topological polar surface area (TPSA) is 35.0 Å². The smallest absolute Gasteiger partial charge is 0.161 e. The van der Waals surface area contributed by atoms with Crippen molar-refractivity contribution in [3.05, 3.63) is 40.7 Å². The van der Waals surface area contributed by atoms with Gasteiger partial charge in [-0.15, -0.1) is 0 Å². The van der Waals surface area contributed by atoms with Crippen molar-refractivity contribution in [2.45, 2.75) is 26.7 Å². The lowest BCUT2D eigenvalue weighted by Crippen LogP contribution is -2.02. The molecule has 0 saturated carbocycles. The lowest BCUT2D eigenvalue weighted by Gasteiger charge is -2.12. The molecule has 0 unspecified atom stereocenters. The predicted molar refractivity (Wildman–Crippen MR) is 77.9 cm³/mol. The number of aromatic nitrogens is 2. The van der Waals surface area contributed by atoms with Crippen LogP contribution in [0.3, 0.4) is 0 Å². The molecule has 0 atom stereocenters. The third kappa shape index (κ3) is 2.87. The van der Waals surface area contributed by atoms with Crippen LogP contribution >= 0.6 is 11.6 Å². The standard InChI is InChI=1S/C15H17ClN2O/c1-9(2)13-10(3)17-15(18-14(13)16)11-6-5-7-12(8-11)19-4/h5-9H,1-4H3. The molecule has 0 amide bonds. The van der Waals surface area contributed by atoms with Crippen LogP contribution in [0.2, 0.25) is 5.15 Å². The maximum atomic E-state index is 6.27. The van der Waals surface area contributed by atoms with Crippen LogP contribution in [0.15, 0.2) is 24.3 Å². The lowest BCUT2D eigenvalue weighted by molar-refractivity contribution is 0.415. The van der Waals surface area contributed by atoms with Gasteiger partial charge in [0, 0.05) is 16.8 Å². The molecule has 0 spiro atoms. The van der Waals surface area contributed by atoms with Crippen molar-refractivity contribution < 1.29 is 4.74 Å². The van der Waals surface area contributed by atoms with Crippen molar-refractivity contribution in [2.75, 3.05) is 7.11 Å². The van der Waals surface area contributed by atoms with Gasteiger partial charge < -0.3 is 4.74 Å². The van der Waals surface area contributed by atoms with E-state index in [1.807, 2.05) is 31.2 Å². The molecule has 0 saturated heterocycles. The number of hydrogen-bond donors (Lipinski definition) is 0. The molecule has 0 aliphatic rings. The van der Waals surface area contributed by atoms with Gasteiger partial charge in [-0.05, 0) is 25.0 Å². The molecule has 0 fully saturated rings. The summed E-state index contributed by atoms with van der Waals surface area (Å²) < 4.78 is 5.21. The molecule has 1 heterocycles. The van der Waals surface area contributed by atoms with Gasteiger partial charge in [-0.25, -0.2) is 9.97 Å². The highest BCUT2D eigenvalue weighted by molar-refractivity contribution is 6.30. The first-order valence-electron chi connectivity index (χ1n) is 6.21. The molecule has 1 aromatic heterocycles. The minimum Gasteiger partial charge on any atom is -0.497 e. The molecule has 0 aliphatic heterocycles. The highest BCUT2D eigenvalue weighted by Crippen LogP contribution is 2.28. The molecule has 4 heteroatoms. The minimum atomic E-state index is 0.312. The van der Waals surface area contributed by atoms with Crippen LogP contribution in [0, 0.1) is 6.92 Å². The van der Waals surface area contributed by atoms with Gasteiger partial charge in [0.1, 0.15) is 10.9 Å². The predicted octanol–water partition coefficient (Wildman–Crippen LogP) is 4.24. The van der Waals surface area contributed by atoms with Crippen LogP contribution in [-0.4, -0.2) is 17.1 Å². The maximum Gasteiger partial charge on any atom is 0.161 e. The molecule has 19 heavy (non-hydrogen) atoms. The van der Waals surface area contributed by atoms with Crippen LogP contribution < -0.4 is 4.74 Å². The first-order chi connectivity index (χ1) is 9.02. The van der Waals surface area contributed by atoms with Crippen molar-refractivity contribution in [1.82, 2.24) is 9.97 Å². The van der Waals surface area contributed by atoms with Crippen molar-refractivity contribution in [2.24, 2.45) is 0 Å². The Morgan fingerprint density at radius 1 is 1.21 bits per heavy atom. The SMILES string of the molecule is COc1cccc(-c2nc(C)c(C(C)C)c(Cl)n2)c1. The second kappa shape index (κ2) is 5.57. The summed E-state index contributed by atoms with van der Waals surface area (Å²) >= 11 is 6.27. The van der Waals surface area contributed by atoms with Crippen molar-refractivity contribution in [3.8, 4) is 17.1 Å². The average molecular weight is 277 g/mol. The molecular weight excluding hydrogens is 260 g/mol. The summed E-state index contributed by atoms with van der Waals surface area (Å²) in [6.45, 7) is 6.14. The number of rotatable bonds is 3. The molecule has 1 aromatic carbocycles. The van der Waals surface area contributed by atoms with E-state index in [-0.39, 0.29) is 0 Å². The van der Waals surface area contributed by atoms with Crippen LogP contribution in [0.5, 0.6) is 5.75 Å². The number of halogens is 1. The van der Waals surface area contributed by atoms with Gasteiger partial charge in [-0.3, -0.25) is 0 Å². The summed E-state index contributed by atoms with van der Waals surface area (Å²) in [7, 11) is 1.64. The van der Waals surface area contributed by atoms with Gasteiger partial charge >= 0.3 is 0 Å². The molecule has 0 bridgehead atoms. The third-order valence-corrected chi connectivity index (χ3v) is 3.28. The van der Waals surface area contributed by atoms with Crippen molar-refractivity contribution >= 4 is 11.6 Å². The zero-order chi connectivity index (χ0) is 14.0. The molecule has 3 nitrogen and oxygen atoms in total. The molecule has 0 aliphatic carbocycles. The number of ether oxygens (including phenoxy) is 1. The van der Waals surface area contributed by atoms with E-state index in [4.69, 9.17) is 16.3 Å². The van der Waals surface area contributed by atoms with E-state index in [0.29, 0.717) is 16.9 Å². The highest BCUT2D eigenvalue weighted by Gasteiger charge is 2.14. The summed E-state index contributed by atoms with van der Waals surface area (Å²) in [6, 6.07) is 7.65. The van der Waals surface area contributed by atoms with Gasteiger partial charge in [0.2, 0.25) is 0 Å². The van der Waals surface area contributed by atoms with Gasteiger partial charge in [0.05, 0.1) is 7.11 Å². The number of benzene rings is 1. The molecular formula is C15H17ClN2O. The second-order valence-corrected chi connectivity index (χ2v) is 5.08. The third-order valence-electron chi connectivity index (χ3n) is 2.99. The number of hydrogen-bond acceptors (Lipinski definition) is 3. The largest absolute Gasteiger partial charge is 0.497 e. The van der Waals surface area contributed by atoms with Crippen LogP contribution in [0.25, 0.3) is 11.4 Å². The molecule has 0 radical (unpaired) electrons. The number of nitrogens with zero attached hydrogens (tertiary/aromatic N) is 2. The van der Waals surface area contributed by atoms with E-state index >= 15 is 0 Å². The van der Waals surface area contributed by atoms with E-state index in [1.165, 1.54) is 0 Å². The Morgan fingerprint density at radius 2 is 1.95 bits per heavy atom. The number of aryl methyl sites for hydroxylation is 1. The minimum absolute atomic E-state index is 0.312. The first-order valence-corrected chi connectivity index (χ1v) is 6.59. The molecule has 0 N–H and O–H groups in total. The van der Waals surface area contributed by atoms with Crippen molar-refractivity contribution in [3.63, 3.8) is 0 Å². The zero-order valence-corrected chi connectivity index (χ0v) is 12.3. The summed E-state index contributed by atoms with van der Waals surface area (Å²) in [5, 5.41) is 0.528. The fourth-order valence-electron chi connectivity index (χ4n) is 2.09. The fraction of sp³-hybridized carbons (Fsp3) is 0.333. The maximum absolute atomic E-state index is 6.27. The van der Waals surface area contributed by atoms with E-state index < -0.39 is 0 Å². The summed E-state index contributed by atoms with van der Waals surface area (Å²) in [6.07, 6.45) is 0. The summed E-state index contributed by atoms with van der Waals surface area (Å²) in [5.74, 6) is 1.72. The van der Waals surface area contributed by atoms with E-state index in [2.05, 4.69) is 23.8 Å². The molecule has 2 rings (SSSR count). The molecule has 2 aromatic rings. The Hall–Kier alpha value is -1.61. The highest BCUT2D eigenvalue weighted by atomic mass is 35.5. The normalized spacial score (nSPS) is 10.8. The van der Waals surface area contributed by atoms with Crippen LogP contribution in [0.4, 0.5) is 0 Å². The monoisotopic (exact) mass is 276 g/mol. The first kappa shape index (κ1) is 13.8. The van der Waals surface area contributed by atoms with Crippen LogP contribution in [0.1, 0.15) is 31.0 Å². The average Bonchev–Trinajstić information content (AvgIpc) is 2.37. The van der Waals surface area contributed by atoms with Gasteiger partial charge in [0.25, 0.3) is 0 Å². The lowest BCUT2D eigenvalue weighted by atomic mass is 10.0. The van der Waals surface area contributed by atoms with Gasteiger partial charge in [-0.1, -0.05) is 37.6 Å². The fourth-order valence-corrected chi connectivity index (χ4v) is 2.53. The Kier molecular flexibility index (Phi) is 4.05. The quantitative estimate of drug-likeness (QED) is 0.787. The zero-order valence-electron chi connectivity index (χ0n) is 11.6. The van der Waals surface area contributed by atoms with E-state index in [9.17, 15) is 0 Å². The van der Waals surface area contributed by atoms with Gasteiger partial charge in [0.15, 0.2) is 5.82 Å². The Morgan fingerprint density at radius 3 is 2.53 bits per heavy atom. The van der Waals surface area contributed by atoms with Gasteiger partial charge in [-0.2, -0.15) is 0 Å². The summed E-state index contributed by atoms with van der Waals surface area (Å²) in [5.41, 5.74) is 2.83. The van der Waals surface area contributed by atoms with E-state index in [1.54, 1.807) is 7.11 Å². The Bertz CT molecular complexity index is 573. The number of methoxy groups -OCH3 is 1. The van der Waals surface area contributed by atoms with Crippen LogP contribution in [-0.2, 0) is 0 Å². The molecule has 100 valence electrons. The van der Waals surface area contributed by atoms with Crippen molar-refractivity contribution in [1.29, 1.82) is 0 Å². The van der Waals surface area contributed by atoms with E-state index in [0.717, 1.165) is 22.6 Å². The Labute approximate surface area is 118 Å². The summed E-state index contributed by atoms with van der Waals surface area (Å²) in [4.78, 5) is 8.95.